The molecule has 218 valence electrons. The van der Waals surface area contributed by atoms with Gasteiger partial charge >= 0.3 is 0 Å². The highest BCUT2D eigenvalue weighted by Crippen LogP contribution is 2.49. The summed E-state index contributed by atoms with van der Waals surface area (Å²) in [6, 6.07) is 23.7. The van der Waals surface area contributed by atoms with Crippen LogP contribution in [-0.4, -0.2) is 10.2 Å². The molecule has 6 heteroatoms. The van der Waals surface area contributed by atoms with E-state index in [2.05, 4.69) is 23.7 Å². The smallest absolute Gasteiger partial charge is 0.138 e. The topological polar surface area (TPSA) is 111 Å². The summed E-state index contributed by atoms with van der Waals surface area (Å²) >= 11 is 0. The van der Waals surface area contributed by atoms with Crippen LogP contribution in [0.3, 0.4) is 0 Å². The summed E-state index contributed by atoms with van der Waals surface area (Å²) in [7, 11) is 0. The number of aromatic hydroxyl groups is 2. The van der Waals surface area contributed by atoms with E-state index in [9.17, 15) is 10.2 Å². The average Bonchev–Trinajstić information content (AvgIpc) is 3.06. The van der Waals surface area contributed by atoms with Gasteiger partial charge in [0.1, 0.15) is 34.5 Å². The Morgan fingerprint density at radius 3 is 1.22 bits per heavy atom. The van der Waals surface area contributed by atoms with Gasteiger partial charge in [0.2, 0.25) is 0 Å². The molecule has 0 saturated heterocycles. The van der Waals surface area contributed by atoms with E-state index in [4.69, 9.17) is 46.6 Å². The van der Waals surface area contributed by atoms with Crippen molar-refractivity contribution in [2.45, 2.75) is 0 Å². The largest absolute Gasteiger partial charge is 0.506 e. The molecule has 46 heavy (non-hydrogen) atoms. The first-order valence-corrected chi connectivity index (χ1v) is 13.9. The number of hydrogen-bond acceptors (Lipinski definition) is 6. The fraction of sp³-hybridized carbons (Fsp3) is 0. The van der Waals surface area contributed by atoms with Crippen molar-refractivity contribution < 1.29 is 19.7 Å². The van der Waals surface area contributed by atoms with E-state index in [1.807, 2.05) is 24.3 Å². The molecule has 0 atom stereocenters. The lowest BCUT2D eigenvalue weighted by atomic mass is 9.88. The molecule has 6 aromatic carbocycles. The van der Waals surface area contributed by atoms with E-state index in [1.54, 1.807) is 36.4 Å². The molecule has 0 spiro atoms. The van der Waals surface area contributed by atoms with Crippen molar-refractivity contribution in [1.82, 2.24) is 0 Å². The maximum Gasteiger partial charge on any atom is 0.138 e. The van der Waals surface area contributed by atoms with Gasteiger partial charge in [-0.1, -0.05) is 35.8 Å². The Morgan fingerprint density at radius 1 is 0.478 bits per heavy atom. The Labute approximate surface area is 265 Å². The molecule has 0 radical (unpaired) electrons. The van der Waals surface area contributed by atoms with Crippen LogP contribution in [0.2, 0.25) is 0 Å². The number of phenolic OH excluding ortho intramolecular Hbond substituents is 2. The zero-order valence-corrected chi connectivity index (χ0v) is 24.3. The van der Waals surface area contributed by atoms with E-state index in [-0.39, 0.29) is 22.9 Å². The summed E-state index contributed by atoms with van der Waals surface area (Å²) in [6.45, 7) is 0. The Bertz CT molecular complexity index is 2240. The van der Waals surface area contributed by atoms with Crippen LogP contribution in [0.4, 0.5) is 11.4 Å². The number of nitrogen functional groups attached to an aromatic ring is 2. The highest BCUT2D eigenvalue weighted by Gasteiger charge is 2.23. The van der Waals surface area contributed by atoms with Crippen molar-refractivity contribution in [2.24, 2.45) is 0 Å². The van der Waals surface area contributed by atoms with E-state index < -0.39 is 0 Å². The average molecular weight is 597 g/mol. The second-order valence-electron chi connectivity index (χ2n) is 10.3. The van der Waals surface area contributed by atoms with Gasteiger partial charge in [-0.25, -0.2) is 0 Å². The minimum atomic E-state index is -0.0735. The molecule has 6 N–H and O–H groups in total. The normalized spacial score (nSPS) is 10.4. The quantitative estimate of drug-likeness (QED) is 0.0920. The van der Waals surface area contributed by atoms with Gasteiger partial charge in [-0.3, -0.25) is 0 Å². The number of fused-ring (bicyclic) bond motifs is 2. The van der Waals surface area contributed by atoms with Crippen LogP contribution in [0.1, 0.15) is 22.3 Å². The number of terminal acetylenes is 4. The summed E-state index contributed by atoms with van der Waals surface area (Å²) in [5, 5.41) is 22.9. The molecule has 6 aromatic rings. The predicted molar refractivity (Wildman–Crippen MR) is 184 cm³/mol. The van der Waals surface area contributed by atoms with E-state index >= 15 is 0 Å². The first-order valence-electron chi connectivity index (χ1n) is 13.9. The van der Waals surface area contributed by atoms with Gasteiger partial charge in [0.05, 0.1) is 11.4 Å². The van der Waals surface area contributed by atoms with Gasteiger partial charge in [0, 0.05) is 45.5 Å². The van der Waals surface area contributed by atoms with Crippen LogP contribution in [0.25, 0.3) is 32.7 Å². The van der Waals surface area contributed by atoms with Crippen LogP contribution in [-0.2, 0) is 0 Å². The molecular weight excluding hydrogens is 572 g/mol. The SMILES string of the molecule is C#Cc1ccc2c(-c3c(Oc4ccc(O)c(N)c4)ccc4c(C#C)c(C#C)ccc34)c(Oc3ccc(O)c(N)c3)ccc2c1C#C. The summed E-state index contributed by atoms with van der Waals surface area (Å²) in [6.07, 6.45) is 23.6. The second-order valence-corrected chi connectivity index (χ2v) is 10.3. The van der Waals surface area contributed by atoms with Gasteiger partial charge < -0.3 is 31.2 Å². The monoisotopic (exact) mass is 596 g/mol. The highest BCUT2D eigenvalue weighted by molar-refractivity contribution is 6.12. The number of hydrogen-bond donors (Lipinski definition) is 4. The summed E-state index contributed by atoms with van der Waals surface area (Å²) in [4.78, 5) is 0. The molecule has 0 aliphatic carbocycles. The minimum Gasteiger partial charge on any atom is -0.506 e. The molecule has 0 fully saturated rings. The number of rotatable bonds is 5. The van der Waals surface area contributed by atoms with E-state index in [0.29, 0.717) is 77.9 Å². The molecule has 0 aliphatic heterocycles. The number of ether oxygens (including phenoxy) is 2. The van der Waals surface area contributed by atoms with Crippen molar-refractivity contribution in [3.05, 3.63) is 107 Å². The molecule has 0 amide bonds. The third-order valence-electron chi connectivity index (χ3n) is 7.63. The molecule has 0 aliphatic rings. The number of anilines is 2. The first kappa shape index (κ1) is 29.0. The van der Waals surface area contributed by atoms with Crippen LogP contribution in [0.15, 0.2) is 84.9 Å². The predicted octanol–water partition coefficient (Wildman–Crippen LogP) is 7.75. The summed E-state index contributed by atoms with van der Waals surface area (Å²) in [5.41, 5.74) is 15.7. The molecule has 6 nitrogen and oxygen atoms in total. The standard InChI is InChI=1S/C40H24N2O4/c1-5-23-9-13-31-29(27(23)7-3)15-19-37(45-25-11-17-35(43)33(41)21-25)39(31)40-32-14-10-24(6-2)28(8-4)30(32)16-20-38(40)46-26-12-18-36(44)34(42)22-26/h1-4,9-22,43-44H,41-42H2. The Kier molecular flexibility index (Phi) is 7.26. The van der Waals surface area contributed by atoms with Crippen LogP contribution in [0.5, 0.6) is 34.5 Å². The lowest BCUT2D eigenvalue weighted by Gasteiger charge is -2.21. The highest BCUT2D eigenvalue weighted by atomic mass is 16.5. The zero-order chi connectivity index (χ0) is 32.5. The Hall–Kier alpha value is -7.12. The van der Waals surface area contributed by atoms with Crippen molar-refractivity contribution in [2.75, 3.05) is 11.5 Å². The Morgan fingerprint density at radius 2 is 0.870 bits per heavy atom. The first-order chi connectivity index (χ1) is 22.3. The molecule has 0 heterocycles. The van der Waals surface area contributed by atoms with Crippen molar-refractivity contribution in [3.63, 3.8) is 0 Å². The van der Waals surface area contributed by atoms with Gasteiger partial charge in [-0.2, -0.15) is 0 Å². The van der Waals surface area contributed by atoms with Gasteiger partial charge in [-0.15, -0.1) is 25.7 Å². The molecule has 0 aromatic heterocycles. The zero-order valence-electron chi connectivity index (χ0n) is 24.3. The lowest BCUT2D eigenvalue weighted by Crippen LogP contribution is -1.98. The number of nitrogens with two attached hydrogens (primary N) is 2. The third kappa shape index (κ3) is 4.86. The van der Waals surface area contributed by atoms with Crippen LogP contribution >= 0.6 is 0 Å². The number of benzene rings is 6. The fourth-order valence-electron chi connectivity index (χ4n) is 5.45. The second kappa shape index (κ2) is 11.5. The van der Waals surface area contributed by atoms with Gasteiger partial charge in [0.15, 0.2) is 0 Å². The lowest BCUT2D eigenvalue weighted by molar-refractivity contribution is 0.465. The van der Waals surface area contributed by atoms with Gasteiger partial charge in [-0.05, 0) is 82.2 Å². The van der Waals surface area contributed by atoms with E-state index in [0.717, 1.165) is 0 Å². The minimum absolute atomic E-state index is 0.0735. The maximum absolute atomic E-state index is 10.0. The van der Waals surface area contributed by atoms with Gasteiger partial charge in [0.25, 0.3) is 0 Å². The van der Waals surface area contributed by atoms with Crippen LogP contribution < -0.4 is 20.9 Å². The molecule has 6 rings (SSSR count). The van der Waals surface area contributed by atoms with Crippen molar-refractivity contribution >= 4 is 32.9 Å². The molecule has 0 saturated carbocycles. The third-order valence-corrected chi connectivity index (χ3v) is 7.63. The van der Waals surface area contributed by atoms with E-state index in [1.165, 1.54) is 24.3 Å². The molecule has 0 unspecified atom stereocenters. The van der Waals surface area contributed by atoms with Crippen molar-refractivity contribution in [1.29, 1.82) is 0 Å². The molecular formula is C40H24N2O4. The maximum atomic E-state index is 10.0. The van der Waals surface area contributed by atoms with Crippen LogP contribution in [0, 0.1) is 49.4 Å². The summed E-state index contributed by atoms with van der Waals surface area (Å²) < 4.78 is 12.9. The fourth-order valence-corrected chi connectivity index (χ4v) is 5.45. The summed E-state index contributed by atoms with van der Waals surface area (Å²) in [5.74, 6) is 12.3. The Balaban J connectivity index is 1.75. The van der Waals surface area contributed by atoms with Crippen molar-refractivity contribution in [3.8, 4) is 95.0 Å². The molecule has 0 bridgehead atoms. The number of phenols is 2.